The third-order valence-electron chi connectivity index (χ3n) is 4.23. The van der Waals surface area contributed by atoms with E-state index in [1.54, 1.807) is 0 Å². The Bertz CT molecular complexity index is 476. The molecule has 138 valence electrons. The molecule has 0 radical (unpaired) electrons. The molecule has 1 aliphatic heterocycles. The standard InChI is InChI=1S/C17H28N4O.2ClH/c1-14(11-18)12-19-17(22)16-5-3-15(4-6-16)13-21-9-7-20(2)8-10-21;;/h3-6,14H,7-13,18H2,1-2H3,(H,19,22);2*1H. The summed E-state index contributed by atoms with van der Waals surface area (Å²) in [7, 11) is 2.16. The van der Waals surface area contributed by atoms with Crippen LogP contribution in [0, 0.1) is 5.92 Å². The van der Waals surface area contributed by atoms with Crippen LogP contribution >= 0.6 is 24.8 Å². The maximum absolute atomic E-state index is 12.0. The zero-order valence-corrected chi connectivity index (χ0v) is 16.2. The molecule has 0 aromatic heterocycles. The van der Waals surface area contributed by atoms with Gasteiger partial charge in [-0.3, -0.25) is 9.69 Å². The Hall–Kier alpha value is -0.850. The van der Waals surface area contributed by atoms with Crippen LogP contribution in [-0.2, 0) is 6.54 Å². The summed E-state index contributed by atoms with van der Waals surface area (Å²) in [6.07, 6.45) is 0. The monoisotopic (exact) mass is 376 g/mol. The highest BCUT2D eigenvalue weighted by atomic mass is 35.5. The molecule has 1 unspecified atom stereocenters. The Labute approximate surface area is 157 Å². The van der Waals surface area contributed by atoms with Gasteiger partial charge in [-0.15, -0.1) is 24.8 Å². The molecule has 5 nitrogen and oxygen atoms in total. The van der Waals surface area contributed by atoms with Gasteiger partial charge in [0.1, 0.15) is 0 Å². The number of nitrogens with zero attached hydrogens (tertiary/aromatic N) is 2. The number of rotatable bonds is 6. The smallest absolute Gasteiger partial charge is 0.251 e. The van der Waals surface area contributed by atoms with Crippen molar-refractivity contribution in [2.45, 2.75) is 13.5 Å². The van der Waals surface area contributed by atoms with Crippen LogP contribution in [0.4, 0.5) is 0 Å². The van der Waals surface area contributed by atoms with Crippen molar-refractivity contribution in [3.05, 3.63) is 35.4 Å². The number of halogens is 2. The second kappa shape index (κ2) is 11.7. The molecule has 1 aliphatic rings. The van der Waals surface area contributed by atoms with Crippen LogP contribution in [0.15, 0.2) is 24.3 Å². The second-order valence-electron chi connectivity index (χ2n) is 6.33. The molecule has 2 rings (SSSR count). The molecule has 7 heteroatoms. The van der Waals surface area contributed by atoms with E-state index in [1.807, 2.05) is 19.1 Å². The van der Waals surface area contributed by atoms with Crippen molar-refractivity contribution < 1.29 is 4.79 Å². The van der Waals surface area contributed by atoms with Gasteiger partial charge in [0.25, 0.3) is 5.91 Å². The lowest BCUT2D eigenvalue weighted by Gasteiger charge is -2.32. The van der Waals surface area contributed by atoms with Crippen LogP contribution < -0.4 is 11.1 Å². The molecule has 1 heterocycles. The van der Waals surface area contributed by atoms with Gasteiger partial charge < -0.3 is 16.0 Å². The number of piperazine rings is 1. The Morgan fingerprint density at radius 2 is 1.75 bits per heavy atom. The van der Waals surface area contributed by atoms with Crippen molar-refractivity contribution in [1.82, 2.24) is 15.1 Å². The van der Waals surface area contributed by atoms with E-state index in [0.717, 1.165) is 32.7 Å². The fraction of sp³-hybridized carbons (Fsp3) is 0.588. The van der Waals surface area contributed by atoms with Gasteiger partial charge in [0, 0.05) is 44.8 Å². The summed E-state index contributed by atoms with van der Waals surface area (Å²) in [6.45, 7) is 8.66. The van der Waals surface area contributed by atoms with E-state index in [0.29, 0.717) is 24.6 Å². The first kappa shape index (κ1) is 23.1. The van der Waals surface area contributed by atoms with Gasteiger partial charge in [-0.2, -0.15) is 0 Å². The van der Waals surface area contributed by atoms with Crippen molar-refractivity contribution in [3.8, 4) is 0 Å². The summed E-state index contributed by atoms with van der Waals surface area (Å²) in [4.78, 5) is 16.8. The Morgan fingerprint density at radius 3 is 2.29 bits per heavy atom. The molecule has 24 heavy (non-hydrogen) atoms. The predicted molar refractivity (Wildman–Crippen MR) is 104 cm³/mol. The third-order valence-corrected chi connectivity index (χ3v) is 4.23. The molecular weight excluding hydrogens is 347 g/mol. The summed E-state index contributed by atoms with van der Waals surface area (Å²) in [5.41, 5.74) is 7.53. The van der Waals surface area contributed by atoms with Crippen molar-refractivity contribution in [2.75, 3.05) is 46.3 Å². The first-order valence-electron chi connectivity index (χ1n) is 8.06. The highest BCUT2D eigenvalue weighted by Gasteiger charge is 2.14. The molecule has 1 amide bonds. The molecule has 1 atom stereocenters. The number of hydrogen-bond donors (Lipinski definition) is 2. The van der Waals surface area contributed by atoms with Crippen molar-refractivity contribution in [3.63, 3.8) is 0 Å². The lowest BCUT2D eigenvalue weighted by Crippen LogP contribution is -2.43. The Kier molecular flexibility index (Phi) is 11.2. The van der Waals surface area contributed by atoms with Crippen LogP contribution in [-0.4, -0.2) is 62.0 Å². The molecule has 0 spiro atoms. The summed E-state index contributed by atoms with van der Waals surface area (Å²) < 4.78 is 0. The Morgan fingerprint density at radius 1 is 1.17 bits per heavy atom. The maximum atomic E-state index is 12.0. The van der Waals surface area contributed by atoms with E-state index < -0.39 is 0 Å². The van der Waals surface area contributed by atoms with E-state index in [9.17, 15) is 4.79 Å². The van der Waals surface area contributed by atoms with Gasteiger partial charge in [0.2, 0.25) is 0 Å². The van der Waals surface area contributed by atoms with Gasteiger partial charge >= 0.3 is 0 Å². The van der Waals surface area contributed by atoms with E-state index in [1.165, 1.54) is 5.56 Å². The van der Waals surface area contributed by atoms with Crippen LogP contribution in [0.3, 0.4) is 0 Å². The summed E-state index contributed by atoms with van der Waals surface area (Å²) in [5, 5.41) is 2.92. The minimum absolute atomic E-state index is 0. The van der Waals surface area contributed by atoms with Crippen LogP contribution in [0.1, 0.15) is 22.8 Å². The predicted octanol–water partition coefficient (Wildman–Crippen LogP) is 1.60. The van der Waals surface area contributed by atoms with E-state index in [-0.39, 0.29) is 30.7 Å². The fourth-order valence-corrected chi connectivity index (χ4v) is 2.48. The number of nitrogens with two attached hydrogens (primary N) is 1. The average molecular weight is 377 g/mol. The van der Waals surface area contributed by atoms with Crippen molar-refractivity contribution in [2.24, 2.45) is 11.7 Å². The SMILES string of the molecule is CC(CN)CNC(=O)c1ccc(CN2CCN(C)CC2)cc1.Cl.Cl. The largest absolute Gasteiger partial charge is 0.352 e. The first-order chi connectivity index (χ1) is 10.6. The fourth-order valence-electron chi connectivity index (χ4n) is 2.48. The molecule has 0 bridgehead atoms. The number of carbonyl (C=O) groups is 1. The summed E-state index contributed by atoms with van der Waals surface area (Å²) in [5.74, 6) is 0.284. The highest BCUT2D eigenvalue weighted by Crippen LogP contribution is 2.10. The van der Waals surface area contributed by atoms with Gasteiger partial charge in [0.05, 0.1) is 0 Å². The first-order valence-corrected chi connectivity index (χ1v) is 8.06. The minimum Gasteiger partial charge on any atom is -0.352 e. The zero-order chi connectivity index (χ0) is 15.9. The number of carbonyl (C=O) groups excluding carboxylic acids is 1. The Balaban J connectivity index is 0.00000264. The van der Waals surface area contributed by atoms with Crippen LogP contribution in [0.5, 0.6) is 0 Å². The highest BCUT2D eigenvalue weighted by molar-refractivity contribution is 5.94. The number of likely N-dealkylation sites (N-methyl/N-ethyl adjacent to an activating group) is 1. The van der Waals surface area contributed by atoms with Crippen molar-refractivity contribution in [1.29, 1.82) is 0 Å². The number of hydrogen-bond acceptors (Lipinski definition) is 4. The van der Waals surface area contributed by atoms with Crippen LogP contribution in [0.2, 0.25) is 0 Å². The third kappa shape index (κ3) is 7.36. The van der Waals surface area contributed by atoms with E-state index in [2.05, 4.69) is 34.3 Å². The molecule has 0 aliphatic carbocycles. The normalized spacial score (nSPS) is 16.6. The van der Waals surface area contributed by atoms with Crippen molar-refractivity contribution >= 4 is 30.7 Å². The van der Waals surface area contributed by atoms with Crippen LogP contribution in [0.25, 0.3) is 0 Å². The molecule has 1 aromatic rings. The van der Waals surface area contributed by atoms with Gasteiger partial charge in [-0.1, -0.05) is 19.1 Å². The molecule has 1 fully saturated rings. The number of benzene rings is 1. The molecule has 1 saturated heterocycles. The molecule has 1 aromatic carbocycles. The maximum Gasteiger partial charge on any atom is 0.251 e. The van der Waals surface area contributed by atoms with Gasteiger partial charge in [0.15, 0.2) is 0 Å². The van der Waals surface area contributed by atoms with Gasteiger partial charge in [-0.05, 0) is 37.2 Å². The lowest BCUT2D eigenvalue weighted by atomic mass is 10.1. The molecule has 3 N–H and O–H groups in total. The molecular formula is C17H30Cl2N4O. The second-order valence-corrected chi connectivity index (χ2v) is 6.33. The number of amides is 1. The van der Waals surface area contributed by atoms with E-state index in [4.69, 9.17) is 5.73 Å². The van der Waals surface area contributed by atoms with Gasteiger partial charge in [-0.25, -0.2) is 0 Å². The lowest BCUT2D eigenvalue weighted by molar-refractivity contribution is 0.0948. The average Bonchev–Trinajstić information content (AvgIpc) is 2.55. The summed E-state index contributed by atoms with van der Waals surface area (Å²) >= 11 is 0. The number of nitrogens with one attached hydrogen (secondary N) is 1. The van der Waals surface area contributed by atoms with E-state index >= 15 is 0 Å². The summed E-state index contributed by atoms with van der Waals surface area (Å²) in [6, 6.07) is 7.93. The topological polar surface area (TPSA) is 61.6 Å². The molecule has 0 saturated carbocycles. The minimum atomic E-state index is -0.0218. The quantitative estimate of drug-likeness (QED) is 0.791. The zero-order valence-electron chi connectivity index (χ0n) is 14.5.